The van der Waals surface area contributed by atoms with Crippen molar-refractivity contribution in [2.75, 3.05) is 26.4 Å². The molecule has 5 heterocycles. The Morgan fingerprint density at radius 2 is 1.71 bits per heavy atom. The Hall–Kier alpha value is -2.53. The third-order valence-electron chi connectivity index (χ3n) is 7.10. The summed E-state index contributed by atoms with van der Waals surface area (Å²) in [6.45, 7) is 3.37. The standard InChI is InChI=1S/C23H24N2O3/c26-23(16-4-2-1-3-5-16)25-13-18(17-6-7-19-20(12-17)28-14-27-19)22-21(25)15-8-10-24(22)11-9-15/h1-7,12,15,18,21-22H,8-11,13-14H2/t18-,21+,22+/m0/s1. The molecule has 0 N–H and O–H groups in total. The van der Waals surface area contributed by atoms with Crippen LogP contribution >= 0.6 is 0 Å². The molecule has 0 spiro atoms. The maximum absolute atomic E-state index is 13.4. The zero-order valence-electron chi connectivity index (χ0n) is 15.8. The molecule has 144 valence electrons. The fourth-order valence-corrected chi connectivity index (χ4v) is 5.84. The van der Waals surface area contributed by atoms with E-state index in [0.717, 1.165) is 36.7 Å². The van der Waals surface area contributed by atoms with Gasteiger partial charge in [-0.2, -0.15) is 0 Å². The van der Waals surface area contributed by atoms with Gasteiger partial charge in [-0.3, -0.25) is 9.69 Å². The van der Waals surface area contributed by atoms with Crippen LogP contribution in [-0.4, -0.2) is 54.2 Å². The van der Waals surface area contributed by atoms with Gasteiger partial charge in [0.2, 0.25) is 6.79 Å². The zero-order valence-corrected chi connectivity index (χ0v) is 15.8. The van der Waals surface area contributed by atoms with Gasteiger partial charge in [0.05, 0.1) is 6.04 Å². The summed E-state index contributed by atoms with van der Waals surface area (Å²) in [6.07, 6.45) is 2.40. The van der Waals surface area contributed by atoms with Crippen LogP contribution < -0.4 is 9.47 Å². The van der Waals surface area contributed by atoms with Crippen molar-refractivity contribution in [3.8, 4) is 11.5 Å². The lowest BCUT2D eigenvalue weighted by molar-refractivity contribution is -0.00341. The third-order valence-corrected chi connectivity index (χ3v) is 7.10. The van der Waals surface area contributed by atoms with Gasteiger partial charge in [-0.1, -0.05) is 24.3 Å². The Bertz CT molecular complexity index is 907. The van der Waals surface area contributed by atoms with Gasteiger partial charge < -0.3 is 14.4 Å². The van der Waals surface area contributed by atoms with E-state index in [-0.39, 0.29) is 5.91 Å². The maximum Gasteiger partial charge on any atom is 0.254 e. The molecule has 0 saturated carbocycles. The van der Waals surface area contributed by atoms with Gasteiger partial charge in [-0.25, -0.2) is 0 Å². The second kappa shape index (κ2) is 6.24. The first-order valence-electron chi connectivity index (χ1n) is 10.3. The van der Waals surface area contributed by atoms with Gasteiger partial charge in [0.15, 0.2) is 11.5 Å². The number of carbonyl (C=O) groups is 1. The number of hydrogen-bond donors (Lipinski definition) is 0. The Labute approximate surface area is 164 Å². The molecule has 5 heteroatoms. The topological polar surface area (TPSA) is 42.0 Å². The van der Waals surface area contributed by atoms with E-state index in [0.29, 0.717) is 30.7 Å². The van der Waals surface area contributed by atoms with E-state index in [4.69, 9.17) is 9.47 Å². The van der Waals surface area contributed by atoms with Crippen LogP contribution in [0, 0.1) is 5.92 Å². The number of fused-ring (bicyclic) bond motifs is 3. The van der Waals surface area contributed by atoms with Crippen molar-refractivity contribution in [1.82, 2.24) is 9.80 Å². The smallest absolute Gasteiger partial charge is 0.254 e. The summed E-state index contributed by atoms with van der Waals surface area (Å²) >= 11 is 0. The molecule has 2 aromatic carbocycles. The highest BCUT2D eigenvalue weighted by atomic mass is 16.7. The maximum atomic E-state index is 13.4. The Kier molecular flexibility index (Phi) is 3.66. The lowest BCUT2D eigenvalue weighted by Crippen LogP contribution is -2.60. The molecule has 4 saturated heterocycles. The molecule has 2 bridgehead atoms. The van der Waals surface area contributed by atoms with Crippen LogP contribution in [0.1, 0.15) is 34.7 Å². The van der Waals surface area contributed by atoms with E-state index >= 15 is 0 Å². The first kappa shape index (κ1) is 16.4. The number of benzene rings is 2. The van der Waals surface area contributed by atoms with Crippen LogP contribution in [0.4, 0.5) is 0 Å². The van der Waals surface area contributed by atoms with Crippen molar-refractivity contribution in [3.05, 3.63) is 59.7 Å². The monoisotopic (exact) mass is 376 g/mol. The molecule has 1 amide bonds. The predicted octanol–water partition coefficient (Wildman–Crippen LogP) is 3.12. The van der Waals surface area contributed by atoms with Gasteiger partial charge in [-0.15, -0.1) is 0 Å². The number of rotatable bonds is 2. The van der Waals surface area contributed by atoms with Crippen LogP contribution in [0.15, 0.2) is 48.5 Å². The first-order chi connectivity index (χ1) is 13.8. The summed E-state index contributed by atoms with van der Waals surface area (Å²) in [5.41, 5.74) is 2.05. The number of piperidine rings is 3. The average molecular weight is 376 g/mol. The summed E-state index contributed by atoms with van der Waals surface area (Å²) in [6, 6.07) is 16.8. The molecule has 4 fully saturated rings. The van der Waals surface area contributed by atoms with E-state index in [1.165, 1.54) is 18.4 Å². The fraction of sp³-hybridized carbons (Fsp3) is 0.435. The molecule has 5 aliphatic rings. The van der Waals surface area contributed by atoms with Gasteiger partial charge in [0, 0.05) is 24.1 Å². The van der Waals surface area contributed by atoms with Crippen LogP contribution in [-0.2, 0) is 0 Å². The average Bonchev–Trinajstić information content (AvgIpc) is 3.40. The largest absolute Gasteiger partial charge is 0.454 e. The Morgan fingerprint density at radius 3 is 2.54 bits per heavy atom. The molecule has 0 aromatic heterocycles. The zero-order chi connectivity index (χ0) is 18.7. The molecular formula is C23H24N2O3. The van der Waals surface area contributed by atoms with E-state index < -0.39 is 0 Å². The molecule has 0 aliphatic carbocycles. The van der Waals surface area contributed by atoms with Crippen LogP contribution in [0.2, 0.25) is 0 Å². The van der Waals surface area contributed by atoms with Crippen molar-refractivity contribution in [1.29, 1.82) is 0 Å². The summed E-state index contributed by atoms with van der Waals surface area (Å²) in [7, 11) is 0. The molecule has 2 aromatic rings. The number of hydrogen-bond acceptors (Lipinski definition) is 4. The summed E-state index contributed by atoms with van der Waals surface area (Å²) in [5, 5.41) is 0. The minimum atomic E-state index is 0.174. The lowest BCUT2D eigenvalue weighted by Gasteiger charge is -2.51. The molecule has 5 aliphatic heterocycles. The third kappa shape index (κ3) is 2.39. The van der Waals surface area contributed by atoms with Crippen molar-refractivity contribution >= 4 is 5.91 Å². The molecule has 5 nitrogen and oxygen atoms in total. The van der Waals surface area contributed by atoms with E-state index in [9.17, 15) is 4.79 Å². The highest BCUT2D eigenvalue weighted by Gasteiger charge is 2.54. The van der Waals surface area contributed by atoms with Crippen LogP contribution in [0.5, 0.6) is 11.5 Å². The van der Waals surface area contributed by atoms with Crippen molar-refractivity contribution in [2.45, 2.75) is 30.8 Å². The number of amides is 1. The van der Waals surface area contributed by atoms with E-state index in [2.05, 4.69) is 21.9 Å². The first-order valence-corrected chi connectivity index (χ1v) is 10.3. The van der Waals surface area contributed by atoms with Crippen molar-refractivity contribution in [3.63, 3.8) is 0 Å². The molecule has 0 unspecified atom stereocenters. The van der Waals surface area contributed by atoms with Gasteiger partial charge >= 0.3 is 0 Å². The molecule has 3 atom stereocenters. The fourth-order valence-electron chi connectivity index (χ4n) is 5.84. The SMILES string of the molecule is O=C(c1ccccc1)N1C[C@@H](c2ccc3c(c2)OCO3)[C@@H]2[C@H]1C1CCN2CC1. The number of likely N-dealkylation sites (tertiary alicyclic amines) is 1. The van der Waals surface area contributed by atoms with E-state index in [1.807, 2.05) is 36.4 Å². The summed E-state index contributed by atoms with van der Waals surface area (Å²) in [4.78, 5) is 18.2. The van der Waals surface area contributed by atoms with Gasteiger partial charge in [0.1, 0.15) is 0 Å². The molecule has 7 rings (SSSR count). The number of carbonyl (C=O) groups excluding carboxylic acids is 1. The lowest BCUT2D eigenvalue weighted by atomic mass is 9.75. The Balaban J connectivity index is 1.39. The second-order valence-electron chi connectivity index (χ2n) is 8.40. The van der Waals surface area contributed by atoms with Gasteiger partial charge in [-0.05, 0) is 61.7 Å². The molecular weight excluding hydrogens is 352 g/mol. The number of nitrogens with zero attached hydrogens (tertiary/aromatic N) is 2. The van der Waals surface area contributed by atoms with Crippen LogP contribution in [0.3, 0.4) is 0 Å². The highest BCUT2D eigenvalue weighted by Crippen LogP contribution is 2.48. The van der Waals surface area contributed by atoms with Gasteiger partial charge in [0.25, 0.3) is 5.91 Å². The van der Waals surface area contributed by atoms with Crippen LogP contribution in [0.25, 0.3) is 0 Å². The van der Waals surface area contributed by atoms with Crippen molar-refractivity contribution in [2.24, 2.45) is 5.92 Å². The summed E-state index contributed by atoms with van der Waals surface area (Å²) < 4.78 is 11.1. The minimum absolute atomic E-state index is 0.174. The number of ether oxygens (including phenoxy) is 2. The Morgan fingerprint density at radius 1 is 0.929 bits per heavy atom. The molecule has 0 radical (unpaired) electrons. The quantitative estimate of drug-likeness (QED) is 0.808. The minimum Gasteiger partial charge on any atom is -0.454 e. The highest BCUT2D eigenvalue weighted by molar-refractivity contribution is 5.94. The predicted molar refractivity (Wildman–Crippen MR) is 105 cm³/mol. The van der Waals surface area contributed by atoms with Crippen molar-refractivity contribution < 1.29 is 14.3 Å². The normalized spacial score (nSPS) is 32.4. The summed E-state index contributed by atoms with van der Waals surface area (Å²) in [5.74, 6) is 2.75. The second-order valence-corrected chi connectivity index (χ2v) is 8.40. The molecule has 28 heavy (non-hydrogen) atoms. The van der Waals surface area contributed by atoms with E-state index in [1.54, 1.807) is 0 Å².